The van der Waals surface area contributed by atoms with E-state index >= 15 is 0 Å². The molecule has 0 aromatic rings. The Bertz CT molecular complexity index is 116. The molecular formula is C9H18O3. The van der Waals surface area contributed by atoms with Crippen LogP contribution in [0.5, 0.6) is 0 Å². The first-order valence-electron chi connectivity index (χ1n) is 4.71. The van der Waals surface area contributed by atoms with Gasteiger partial charge in [0.2, 0.25) is 0 Å². The quantitative estimate of drug-likeness (QED) is 0.609. The number of rotatable bonds is 4. The van der Waals surface area contributed by atoms with Crippen LogP contribution in [-0.2, 0) is 14.2 Å². The van der Waals surface area contributed by atoms with Gasteiger partial charge in [-0.25, -0.2) is 0 Å². The predicted octanol–water partition coefficient (Wildman–Crippen LogP) is 1.91. The van der Waals surface area contributed by atoms with Gasteiger partial charge in [-0.2, -0.15) is 0 Å². The van der Waals surface area contributed by atoms with Gasteiger partial charge in [0, 0.05) is 0 Å². The number of ether oxygens (including phenoxy) is 3. The van der Waals surface area contributed by atoms with Crippen LogP contribution in [0.25, 0.3) is 0 Å². The Kier molecular flexibility index (Phi) is 4.58. The van der Waals surface area contributed by atoms with Gasteiger partial charge in [-0.15, -0.1) is 0 Å². The van der Waals surface area contributed by atoms with Crippen molar-refractivity contribution < 1.29 is 14.2 Å². The summed E-state index contributed by atoms with van der Waals surface area (Å²) in [6.07, 6.45) is 3.44. The number of hydrogen-bond acceptors (Lipinski definition) is 3. The highest BCUT2D eigenvalue weighted by atomic mass is 16.8. The van der Waals surface area contributed by atoms with Crippen molar-refractivity contribution in [1.29, 1.82) is 0 Å². The van der Waals surface area contributed by atoms with E-state index in [0.717, 1.165) is 32.5 Å². The van der Waals surface area contributed by atoms with Crippen LogP contribution < -0.4 is 0 Å². The Labute approximate surface area is 74.0 Å². The van der Waals surface area contributed by atoms with Crippen LogP contribution in [0, 0.1) is 0 Å². The molecule has 0 spiro atoms. The zero-order valence-electron chi connectivity index (χ0n) is 7.91. The van der Waals surface area contributed by atoms with E-state index in [-0.39, 0.29) is 6.10 Å². The lowest BCUT2D eigenvalue weighted by Crippen LogP contribution is -2.32. The summed E-state index contributed by atoms with van der Waals surface area (Å²) in [4.78, 5) is 0. The van der Waals surface area contributed by atoms with Gasteiger partial charge in [0.1, 0.15) is 0 Å². The van der Waals surface area contributed by atoms with Crippen molar-refractivity contribution in [3.63, 3.8) is 0 Å². The molecule has 12 heavy (non-hydrogen) atoms. The van der Waals surface area contributed by atoms with Gasteiger partial charge < -0.3 is 14.2 Å². The van der Waals surface area contributed by atoms with Crippen molar-refractivity contribution >= 4 is 0 Å². The molecule has 0 aromatic carbocycles. The molecule has 3 nitrogen and oxygen atoms in total. The van der Waals surface area contributed by atoms with Gasteiger partial charge in [-0.05, 0) is 19.8 Å². The highest BCUT2D eigenvalue weighted by Crippen LogP contribution is 2.12. The van der Waals surface area contributed by atoms with Gasteiger partial charge in [-0.3, -0.25) is 0 Å². The maximum Gasteiger partial charge on any atom is 0.271 e. The second-order valence-corrected chi connectivity index (χ2v) is 3.12. The molecule has 1 aliphatic rings. The molecule has 1 fully saturated rings. The second kappa shape index (κ2) is 5.51. The molecule has 0 N–H and O–H groups in total. The van der Waals surface area contributed by atoms with Crippen LogP contribution >= 0.6 is 0 Å². The molecule has 0 saturated carbocycles. The molecule has 3 heteroatoms. The summed E-state index contributed by atoms with van der Waals surface area (Å²) in [7, 11) is 0. The van der Waals surface area contributed by atoms with Gasteiger partial charge in [0.15, 0.2) is 0 Å². The molecule has 0 aromatic heterocycles. The van der Waals surface area contributed by atoms with Crippen molar-refractivity contribution in [2.24, 2.45) is 0 Å². The van der Waals surface area contributed by atoms with E-state index in [1.807, 2.05) is 6.92 Å². The fourth-order valence-corrected chi connectivity index (χ4v) is 1.04. The smallest absolute Gasteiger partial charge is 0.271 e. The summed E-state index contributed by atoms with van der Waals surface area (Å²) in [6.45, 7) is 5.24. The molecule has 0 bridgehead atoms. The van der Waals surface area contributed by atoms with Gasteiger partial charge >= 0.3 is 0 Å². The topological polar surface area (TPSA) is 27.7 Å². The maximum atomic E-state index is 5.39. The third-order valence-electron chi connectivity index (χ3n) is 1.87. The van der Waals surface area contributed by atoms with Gasteiger partial charge in [-0.1, -0.05) is 13.3 Å². The molecular weight excluding hydrogens is 156 g/mol. The Morgan fingerprint density at radius 3 is 3.00 bits per heavy atom. The lowest BCUT2D eigenvalue weighted by atomic mass is 10.3. The van der Waals surface area contributed by atoms with Crippen LogP contribution in [0.3, 0.4) is 0 Å². The van der Waals surface area contributed by atoms with E-state index < -0.39 is 6.48 Å². The van der Waals surface area contributed by atoms with E-state index in [1.165, 1.54) is 0 Å². The lowest BCUT2D eigenvalue weighted by molar-refractivity contribution is -0.327. The molecule has 72 valence electrons. The average molecular weight is 174 g/mol. The maximum absolute atomic E-state index is 5.39. The zero-order chi connectivity index (χ0) is 8.81. The molecule has 1 saturated heterocycles. The summed E-state index contributed by atoms with van der Waals surface area (Å²) in [6, 6.07) is 0. The second-order valence-electron chi connectivity index (χ2n) is 3.12. The summed E-state index contributed by atoms with van der Waals surface area (Å²) in [5.41, 5.74) is 0. The van der Waals surface area contributed by atoms with Crippen LogP contribution in [-0.4, -0.2) is 25.8 Å². The Morgan fingerprint density at radius 2 is 2.33 bits per heavy atom. The minimum atomic E-state index is -0.416. The Hall–Kier alpha value is -0.120. The summed E-state index contributed by atoms with van der Waals surface area (Å²) in [5.74, 6) is 0. The van der Waals surface area contributed by atoms with Crippen molar-refractivity contribution in [2.45, 2.75) is 45.7 Å². The van der Waals surface area contributed by atoms with Crippen molar-refractivity contribution in [3.8, 4) is 0 Å². The van der Waals surface area contributed by atoms with Crippen LogP contribution in [0.15, 0.2) is 0 Å². The number of unbranched alkanes of at least 4 members (excludes halogenated alkanes) is 1. The van der Waals surface area contributed by atoms with E-state index in [0.29, 0.717) is 0 Å². The molecule has 1 heterocycles. The van der Waals surface area contributed by atoms with Crippen LogP contribution in [0.1, 0.15) is 33.1 Å². The number of hydrogen-bond donors (Lipinski definition) is 0. The largest absolute Gasteiger partial charge is 0.330 e. The predicted molar refractivity (Wildman–Crippen MR) is 45.8 cm³/mol. The highest BCUT2D eigenvalue weighted by molar-refractivity contribution is 4.53. The molecule has 0 aliphatic carbocycles. The van der Waals surface area contributed by atoms with E-state index in [1.54, 1.807) is 0 Å². The molecule has 0 radical (unpaired) electrons. The van der Waals surface area contributed by atoms with E-state index in [2.05, 4.69) is 6.92 Å². The third kappa shape index (κ3) is 3.52. The van der Waals surface area contributed by atoms with Crippen LogP contribution in [0.2, 0.25) is 0 Å². The highest BCUT2D eigenvalue weighted by Gasteiger charge is 2.19. The standard InChI is InChI=1S/C9H18O3/c1-3-4-6-10-9-11-7-5-8(2)12-9/h8-9H,3-7H2,1-2H3/t8-,9+/m1/s1. The minimum absolute atomic E-state index is 0.269. The molecule has 2 atom stereocenters. The van der Waals surface area contributed by atoms with Gasteiger partial charge in [0.05, 0.1) is 19.3 Å². The normalized spacial score (nSPS) is 30.5. The first-order chi connectivity index (χ1) is 5.83. The SMILES string of the molecule is CCCCO[C@H]1OCC[C@@H](C)O1. The summed E-state index contributed by atoms with van der Waals surface area (Å²) in [5, 5.41) is 0. The van der Waals surface area contributed by atoms with E-state index in [9.17, 15) is 0 Å². The van der Waals surface area contributed by atoms with Gasteiger partial charge in [0.25, 0.3) is 6.48 Å². The first-order valence-corrected chi connectivity index (χ1v) is 4.71. The molecule has 1 aliphatic heterocycles. The Morgan fingerprint density at radius 1 is 1.50 bits per heavy atom. The Balaban J connectivity index is 2.06. The van der Waals surface area contributed by atoms with E-state index in [4.69, 9.17) is 14.2 Å². The zero-order valence-corrected chi connectivity index (χ0v) is 7.91. The summed E-state index contributed by atoms with van der Waals surface area (Å²) >= 11 is 0. The molecule has 1 rings (SSSR count). The van der Waals surface area contributed by atoms with Crippen LogP contribution in [0.4, 0.5) is 0 Å². The lowest BCUT2D eigenvalue weighted by Gasteiger charge is -2.27. The van der Waals surface area contributed by atoms with Crippen molar-refractivity contribution in [2.75, 3.05) is 13.2 Å². The van der Waals surface area contributed by atoms with Crippen molar-refractivity contribution in [1.82, 2.24) is 0 Å². The molecule has 0 unspecified atom stereocenters. The minimum Gasteiger partial charge on any atom is -0.330 e. The average Bonchev–Trinajstić information content (AvgIpc) is 2.05. The fraction of sp³-hybridized carbons (Fsp3) is 1.00. The first kappa shape index (κ1) is 9.96. The fourth-order valence-electron chi connectivity index (χ4n) is 1.04. The molecule has 0 amide bonds. The van der Waals surface area contributed by atoms with Crippen molar-refractivity contribution in [3.05, 3.63) is 0 Å². The summed E-state index contributed by atoms with van der Waals surface area (Å²) < 4.78 is 16.0. The third-order valence-corrected chi connectivity index (χ3v) is 1.87. The monoisotopic (exact) mass is 174 g/mol.